The first-order chi connectivity index (χ1) is 8.67. The predicted octanol–water partition coefficient (Wildman–Crippen LogP) is 1.57. The van der Waals surface area contributed by atoms with Crippen molar-refractivity contribution in [3.05, 3.63) is 17.6 Å². The van der Waals surface area contributed by atoms with Crippen LogP contribution >= 0.6 is 0 Å². The van der Waals surface area contributed by atoms with Gasteiger partial charge >= 0.3 is 0 Å². The number of nitrogens with zero attached hydrogens (tertiary/aromatic N) is 5. The van der Waals surface area contributed by atoms with Crippen LogP contribution in [0.1, 0.15) is 24.7 Å². The molecule has 96 valence electrons. The van der Waals surface area contributed by atoms with Crippen molar-refractivity contribution in [1.82, 2.24) is 25.0 Å². The topological polar surface area (TPSA) is 68.5 Å². The number of rotatable bonds is 4. The first-order valence-corrected chi connectivity index (χ1v) is 6.07. The van der Waals surface area contributed by atoms with Gasteiger partial charge in [0.05, 0.1) is 11.9 Å². The van der Waals surface area contributed by atoms with Gasteiger partial charge in [-0.15, -0.1) is 5.10 Å². The third-order valence-corrected chi connectivity index (χ3v) is 2.86. The molecule has 0 unspecified atom stereocenters. The highest BCUT2D eigenvalue weighted by Crippen LogP contribution is 2.24. The van der Waals surface area contributed by atoms with Crippen LogP contribution in [0.15, 0.2) is 6.20 Å². The van der Waals surface area contributed by atoms with Crippen molar-refractivity contribution in [2.75, 3.05) is 12.4 Å². The van der Waals surface area contributed by atoms with Crippen LogP contribution in [0.4, 0.5) is 5.82 Å². The van der Waals surface area contributed by atoms with E-state index in [-0.39, 0.29) is 0 Å². The summed E-state index contributed by atoms with van der Waals surface area (Å²) < 4.78 is 1.73. The number of hydrogen-bond acceptors (Lipinski definition) is 5. The molecule has 2 aromatic heterocycles. The van der Waals surface area contributed by atoms with Gasteiger partial charge in [0.2, 0.25) is 0 Å². The van der Waals surface area contributed by atoms with Gasteiger partial charge in [-0.1, -0.05) is 12.1 Å². The Morgan fingerprint density at radius 1 is 1.33 bits per heavy atom. The first kappa shape index (κ1) is 12.5. The second-order valence-electron chi connectivity index (χ2n) is 4.20. The summed E-state index contributed by atoms with van der Waals surface area (Å²) in [5.41, 5.74) is 2.82. The average molecular weight is 246 g/mol. The molecule has 18 heavy (non-hydrogen) atoms. The van der Waals surface area contributed by atoms with E-state index in [9.17, 15) is 0 Å². The fourth-order valence-corrected chi connectivity index (χ4v) is 1.90. The van der Waals surface area contributed by atoms with Crippen molar-refractivity contribution in [2.45, 2.75) is 26.7 Å². The van der Waals surface area contributed by atoms with E-state index in [2.05, 4.69) is 32.5 Å². The molecule has 0 bridgehead atoms. The average Bonchev–Trinajstić information content (AvgIpc) is 2.78. The molecule has 1 N–H and O–H groups in total. The van der Waals surface area contributed by atoms with E-state index < -0.39 is 0 Å². The second kappa shape index (κ2) is 5.12. The van der Waals surface area contributed by atoms with Crippen LogP contribution in [0.25, 0.3) is 11.4 Å². The fraction of sp³-hybridized carbons (Fsp3) is 0.500. The molecule has 0 radical (unpaired) electrons. The highest BCUT2D eigenvalue weighted by atomic mass is 15.4. The molecule has 0 amide bonds. The smallest absolute Gasteiger partial charge is 0.133 e. The molecule has 0 aliphatic heterocycles. The maximum absolute atomic E-state index is 4.62. The van der Waals surface area contributed by atoms with Gasteiger partial charge in [0.15, 0.2) is 0 Å². The van der Waals surface area contributed by atoms with Crippen molar-refractivity contribution < 1.29 is 0 Å². The zero-order chi connectivity index (χ0) is 13.1. The standard InChI is InChI=1S/C12H18N6/c1-5-6-10-15-11(8(2)12(13-3)16-10)9-7-14-17-18(9)4/h7H,5-6H2,1-4H3,(H,13,15,16). The van der Waals surface area contributed by atoms with E-state index in [0.29, 0.717) is 0 Å². The summed E-state index contributed by atoms with van der Waals surface area (Å²) >= 11 is 0. The molecule has 2 aromatic rings. The van der Waals surface area contributed by atoms with Crippen molar-refractivity contribution in [3.8, 4) is 11.4 Å². The van der Waals surface area contributed by atoms with Crippen molar-refractivity contribution in [3.63, 3.8) is 0 Å². The Morgan fingerprint density at radius 2 is 2.11 bits per heavy atom. The van der Waals surface area contributed by atoms with Gasteiger partial charge in [-0.3, -0.25) is 0 Å². The summed E-state index contributed by atoms with van der Waals surface area (Å²) in [5.74, 6) is 1.72. The molecule has 0 aliphatic carbocycles. The summed E-state index contributed by atoms with van der Waals surface area (Å²) in [4.78, 5) is 9.13. The first-order valence-electron chi connectivity index (χ1n) is 6.07. The summed E-state index contributed by atoms with van der Waals surface area (Å²) in [6.45, 7) is 4.12. The van der Waals surface area contributed by atoms with E-state index in [0.717, 1.165) is 41.4 Å². The molecule has 0 fully saturated rings. The largest absolute Gasteiger partial charge is 0.373 e. The maximum Gasteiger partial charge on any atom is 0.133 e. The lowest BCUT2D eigenvalue weighted by Gasteiger charge is -2.11. The highest BCUT2D eigenvalue weighted by molar-refractivity contribution is 5.64. The van der Waals surface area contributed by atoms with Gasteiger partial charge in [0, 0.05) is 26.1 Å². The van der Waals surface area contributed by atoms with Gasteiger partial charge in [0.25, 0.3) is 0 Å². The van der Waals surface area contributed by atoms with Gasteiger partial charge in [-0.05, 0) is 13.3 Å². The van der Waals surface area contributed by atoms with Crippen molar-refractivity contribution in [1.29, 1.82) is 0 Å². The predicted molar refractivity (Wildman–Crippen MR) is 70.3 cm³/mol. The molecule has 0 atom stereocenters. The number of hydrogen-bond donors (Lipinski definition) is 1. The molecule has 2 rings (SSSR count). The van der Waals surface area contributed by atoms with Gasteiger partial charge in [-0.2, -0.15) is 0 Å². The fourth-order valence-electron chi connectivity index (χ4n) is 1.90. The second-order valence-corrected chi connectivity index (χ2v) is 4.20. The van der Waals surface area contributed by atoms with Gasteiger partial charge in [0.1, 0.15) is 17.3 Å². The van der Waals surface area contributed by atoms with E-state index in [1.54, 1.807) is 10.9 Å². The third-order valence-electron chi connectivity index (χ3n) is 2.86. The van der Waals surface area contributed by atoms with Gasteiger partial charge in [-0.25, -0.2) is 14.6 Å². The summed E-state index contributed by atoms with van der Waals surface area (Å²) in [7, 11) is 3.73. The van der Waals surface area contributed by atoms with Crippen LogP contribution in [-0.2, 0) is 13.5 Å². The number of nitrogens with one attached hydrogen (secondary N) is 1. The lowest BCUT2D eigenvalue weighted by molar-refractivity contribution is 0.717. The van der Waals surface area contributed by atoms with Crippen LogP contribution in [-0.4, -0.2) is 32.0 Å². The van der Waals surface area contributed by atoms with Crippen LogP contribution in [0.3, 0.4) is 0 Å². The zero-order valence-electron chi connectivity index (χ0n) is 11.2. The summed E-state index contributed by atoms with van der Waals surface area (Å²) in [6.07, 6.45) is 3.62. The number of aromatic nitrogens is 5. The summed E-state index contributed by atoms with van der Waals surface area (Å²) in [5, 5.41) is 11.0. The number of aryl methyl sites for hydroxylation is 2. The third kappa shape index (κ3) is 2.18. The zero-order valence-corrected chi connectivity index (χ0v) is 11.2. The van der Waals surface area contributed by atoms with Crippen LogP contribution in [0, 0.1) is 6.92 Å². The Labute approximate surface area is 106 Å². The maximum atomic E-state index is 4.62. The van der Waals surface area contributed by atoms with E-state index in [4.69, 9.17) is 0 Å². The molecule has 0 spiro atoms. The minimum absolute atomic E-state index is 0.851. The molecular formula is C12H18N6. The summed E-state index contributed by atoms with van der Waals surface area (Å²) in [6, 6.07) is 0. The molecule has 6 nitrogen and oxygen atoms in total. The molecular weight excluding hydrogens is 228 g/mol. The van der Waals surface area contributed by atoms with E-state index in [1.807, 2.05) is 21.0 Å². The Bertz CT molecular complexity index is 545. The lowest BCUT2D eigenvalue weighted by Crippen LogP contribution is -2.07. The van der Waals surface area contributed by atoms with E-state index >= 15 is 0 Å². The molecule has 0 saturated heterocycles. The quantitative estimate of drug-likeness (QED) is 0.887. The normalized spacial score (nSPS) is 10.7. The minimum Gasteiger partial charge on any atom is -0.373 e. The Morgan fingerprint density at radius 3 is 2.67 bits per heavy atom. The monoisotopic (exact) mass is 246 g/mol. The number of anilines is 1. The van der Waals surface area contributed by atoms with Crippen molar-refractivity contribution >= 4 is 5.82 Å². The SMILES string of the molecule is CCCc1nc(NC)c(C)c(-c2cnnn2C)n1. The van der Waals surface area contributed by atoms with Crippen LogP contribution in [0.2, 0.25) is 0 Å². The van der Waals surface area contributed by atoms with E-state index in [1.165, 1.54) is 0 Å². The Hall–Kier alpha value is -1.98. The van der Waals surface area contributed by atoms with Crippen molar-refractivity contribution in [2.24, 2.45) is 7.05 Å². The lowest BCUT2D eigenvalue weighted by atomic mass is 10.1. The van der Waals surface area contributed by atoms with Gasteiger partial charge < -0.3 is 5.32 Å². The molecule has 0 aromatic carbocycles. The molecule has 0 saturated carbocycles. The molecule has 2 heterocycles. The Kier molecular flexibility index (Phi) is 3.55. The Balaban J connectivity index is 2.58. The highest BCUT2D eigenvalue weighted by Gasteiger charge is 2.14. The van der Waals surface area contributed by atoms with Crippen LogP contribution < -0.4 is 5.32 Å². The minimum atomic E-state index is 0.851. The molecule has 6 heteroatoms. The van der Waals surface area contributed by atoms with Crippen LogP contribution in [0.5, 0.6) is 0 Å². The molecule has 0 aliphatic rings.